The Kier molecular flexibility index (Phi) is 2.65. The van der Waals surface area contributed by atoms with Crippen LogP contribution < -0.4 is 0 Å². The average Bonchev–Trinajstić information content (AvgIpc) is 2.93. The van der Waals surface area contributed by atoms with Gasteiger partial charge in [0.1, 0.15) is 4.60 Å². The number of hydrogen-bond donors (Lipinski definition) is 0. The SMILES string of the molecule is COC(c1cccnc1Br)C1CC1. The Morgan fingerprint density at radius 3 is 2.92 bits per heavy atom. The van der Waals surface area contributed by atoms with E-state index in [4.69, 9.17) is 4.74 Å². The number of rotatable bonds is 3. The Bertz CT molecular complexity index is 299. The number of methoxy groups -OCH3 is 1. The molecule has 0 aromatic carbocycles. The molecule has 0 amide bonds. The molecule has 2 nitrogen and oxygen atoms in total. The predicted octanol–water partition coefficient (Wildman–Crippen LogP) is 2.94. The van der Waals surface area contributed by atoms with Crippen LogP contribution in [0.15, 0.2) is 22.9 Å². The molecule has 0 N–H and O–H groups in total. The van der Waals surface area contributed by atoms with Gasteiger partial charge in [-0.15, -0.1) is 0 Å². The Morgan fingerprint density at radius 1 is 1.62 bits per heavy atom. The van der Waals surface area contributed by atoms with E-state index >= 15 is 0 Å². The minimum absolute atomic E-state index is 0.225. The molecule has 1 unspecified atom stereocenters. The van der Waals surface area contributed by atoms with Gasteiger partial charge < -0.3 is 4.74 Å². The van der Waals surface area contributed by atoms with Crippen LogP contribution in [0.25, 0.3) is 0 Å². The van der Waals surface area contributed by atoms with Gasteiger partial charge in [0.15, 0.2) is 0 Å². The number of aromatic nitrogens is 1. The van der Waals surface area contributed by atoms with Gasteiger partial charge in [0, 0.05) is 18.9 Å². The molecule has 2 rings (SSSR count). The van der Waals surface area contributed by atoms with Crippen molar-refractivity contribution >= 4 is 15.9 Å². The van der Waals surface area contributed by atoms with Crippen LogP contribution in [-0.2, 0) is 4.74 Å². The molecule has 1 aromatic rings. The van der Waals surface area contributed by atoms with Crippen LogP contribution in [0, 0.1) is 5.92 Å². The van der Waals surface area contributed by atoms with E-state index in [1.165, 1.54) is 18.4 Å². The average molecular weight is 242 g/mol. The lowest BCUT2D eigenvalue weighted by Crippen LogP contribution is -2.05. The molecular formula is C10H12BrNO. The van der Waals surface area contributed by atoms with E-state index in [1.54, 1.807) is 13.3 Å². The van der Waals surface area contributed by atoms with Crippen molar-refractivity contribution in [2.24, 2.45) is 5.92 Å². The molecule has 1 aliphatic rings. The molecule has 3 heteroatoms. The van der Waals surface area contributed by atoms with Crippen LogP contribution in [0.2, 0.25) is 0 Å². The summed E-state index contributed by atoms with van der Waals surface area (Å²) in [6.07, 6.45) is 4.57. The van der Waals surface area contributed by atoms with Crippen molar-refractivity contribution < 1.29 is 4.74 Å². The van der Waals surface area contributed by atoms with Crippen molar-refractivity contribution in [3.05, 3.63) is 28.5 Å². The number of hydrogen-bond acceptors (Lipinski definition) is 2. The van der Waals surface area contributed by atoms with E-state index in [1.807, 2.05) is 6.07 Å². The third-order valence-electron chi connectivity index (χ3n) is 2.40. The van der Waals surface area contributed by atoms with Crippen LogP contribution in [0.5, 0.6) is 0 Å². The molecule has 0 saturated heterocycles. The molecule has 1 fully saturated rings. The predicted molar refractivity (Wildman–Crippen MR) is 54.4 cm³/mol. The summed E-state index contributed by atoms with van der Waals surface area (Å²) in [6, 6.07) is 4.03. The standard InChI is InChI=1S/C10H12BrNO/c1-13-9(7-4-5-7)8-3-2-6-12-10(8)11/h2-3,6-7,9H,4-5H2,1H3. The Balaban J connectivity index is 2.26. The lowest BCUT2D eigenvalue weighted by molar-refractivity contribution is 0.0837. The molecule has 0 radical (unpaired) electrons. The zero-order valence-corrected chi connectivity index (χ0v) is 9.12. The van der Waals surface area contributed by atoms with Crippen LogP contribution in [0.1, 0.15) is 24.5 Å². The monoisotopic (exact) mass is 241 g/mol. The third-order valence-corrected chi connectivity index (χ3v) is 3.06. The molecule has 0 spiro atoms. The summed E-state index contributed by atoms with van der Waals surface area (Å²) in [5.41, 5.74) is 1.17. The number of ether oxygens (including phenoxy) is 1. The van der Waals surface area contributed by atoms with E-state index in [0.717, 1.165) is 4.60 Å². The number of halogens is 1. The summed E-state index contributed by atoms with van der Waals surface area (Å²) in [5, 5.41) is 0. The maximum atomic E-state index is 5.47. The van der Waals surface area contributed by atoms with Crippen LogP contribution in [0.4, 0.5) is 0 Å². The minimum Gasteiger partial charge on any atom is -0.376 e. The first kappa shape index (κ1) is 9.16. The highest BCUT2D eigenvalue weighted by molar-refractivity contribution is 9.10. The molecule has 1 atom stereocenters. The summed E-state index contributed by atoms with van der Waals surface area (Å²) < 4.78 is 6.38. The van der Waals surface area contributed by atoms with Crippen molar-refractivity contribution in [1.29, 1.82) is 0 Å². The summed E-state index contributed by atoms with van der Waals surface area (Å²) in [4.78, 5) is 4.19. The van der Waals surface area contributed by atoms with Gasteiger partial charge in [0.05, 0.1) is 6.10 Å². The van der Waals surface area contributed by atoms with Gasteiger partial charge in [-0.1, -0.05) is 6.07 Å². The fourth-order valence-electron chi connectivity index (χ4n) is 1.58. The van der Waals surface area contributed by atoms with Gasteiger partial charge >= 0.3 is 0 Å². The smallest absolute Gasteiger partial charge is 0.111 e. The van der Waals surface area contributed by atoms with Crippen molar-refractivity contribution in [2.45, 2.75) is 18.9 Å². The van der Waals surface area contributed by atoms with Gasteiger partial charge in [-0.2, -0.15) is 0 Å². The summed E-state index contributed by atoms with van der Waals surface area (Å²) in [6.45, 7) is 0. The molecule has 1 aromatic heterocycles. The fourth-order valence-corrected chi connectivity index (χ4v) is 2.06. The number of pyridine rings is 1. The molecule has 0 aliphatic heterocycles. The normalized spacial score (nSPS) is 18.6. The highest BCUT2D eigenvalue weighted by Gasteiger charge is 2.33. The maximum absolute atomic E-state index is 5.47. The lowest BCUT2D eigenvalue weighted by Gasteiger charge is -2.15. The summed E-state index contributed by atoms with van der Waals surface area (Å²) in [5.74, 6) is 0.700. The molecule has 13 heavy (non-hydrogen) atoms. The second kappa shape index (κ2) is 3.76. The maximum Gasteiger partial charge on any atom is 0.111 e. The van der Waals surface area contributed by atoms with Crippen molar-refractivity contribution in [1.82, 2.24) is 4.98 Å². The Labute approximate surface area is 86.5 Å². The quantitative estimate of drug-likeness (QED) is 0.760. The van der Waals surface area contributed by atoms with E-state index < -0.39 is 0 Å². The first-order valence-corrected chi connectivity index (χ1v) is 5.25. The van der Waals surface area contributed by atoms with Gasteiger partial charge in [0.25, 0.3) is 0 Å². The van der Waals surface area contributed by atoms with Crippen molar-refractivity contribution in [3.63, 3.8) is 0 Å². The van der Waals surface area contributed by atoms with E-state index in [-0.39, 0.29) is 6.10 Å². The zero-order valence-electron chi connectivity index (χ0n) is 7.53. The molecule has 1 saturated carbocycles. The topological polar surface area (TPSA) is 22.1 Å². The van der Waals surface area contributed by atoms with Gasteiger partial charge in [-0.05, 0) is 40.8 Å². The van der Waals surface area contributed by atoms with Crippen molar-refractivity contribution in [3.8, 4) is 0 Å². The summed E-state index contributed by atoms with van der Waals surface area (Å²) >= 11 is 3.44. The molecular weight excluding hydrogens is 230 g/mol. The number of nitrogens with zero attached hydrogens (tertiary/aromatic N) is 1. The van der Waals surface area contributed by atoms with Crippen LogP contribution in [0.3, 0.4) is 0 Å². The molecule has 0 bridgehead atoms. The Hall–Kier alpha value is -0.410. The van der Waals surface area contributed by atoms with E-state index in [0.29, 0.717) is 5.92 Å². The lowest BCUT2D eigenvalue weighted by atomic mass is 10.1. The second-order valence-electron chi connectivity index (χ2n) is 3.38. The second-order valence-corrected chi connectivity index (χ2v) is 4.13. The fraction of sp³-hybridized carbons (Fsp3) is 0.500. The van der Waals surface area contributed by atoms with E-state index in [9.17, 15) is 0 Å². The first-order chi connectivity index (χ1) is 6.33. The Morgan fingerprint density at radius 2 is 2.38 bits per heavy atom. The highest BCUT2D eigenvalue weighted by Crippen LogP contribution is 2.44. The summed E-state index contributed by atoms with van der Waals surface area (Å²) in [7, 11) is 1.77. The van der Waals surface area contributed by atoms with Gasteiger partial charge in [-0.25, -0.2) is 4.98 Å². The molecule has 1 heterocycles. The van der Waals surface area contributed by atoms with Crippen LogP contribution in [-0.4, -0.2) is 12.1 Å². The van der Waals surface area contributed by atoms with Crippen LogP contribution >= 0.6 is 15.9 Å². The van der Waals surface area contributed by atoms with Crippen molar-refractivity contribution in [2.75, 3.05) is 7.11 Å². The molecule has 70 valence electrons. The first-order valence-electron chi connectivity index (χ1n) is 4.46. The zero-order chi connectivity index (χ0) is 9.26. The van der Waals surface area contributed by atoms with Gasteiger partial charge in [0.2, 0.25) is 0 Å². The largest absolute Gasteiger partial charge is 0.376 e. The highest BCUT2D eigenvalue weighted by atomic mass is 79.9. The molecule has 1 aliphatic carbocycles. The van der Waals surface area contributed by atoms with Gasteiger partial charge in [-0.3, -0.25) is 0 Å². The third kappa shape index (κ3) is 1.92. The van der Waals surface area contributed by atoms with E-state index in [2.05, 4.69) is 27.0 Å². The minimum atomic E-state index is 0.225.